The van der Waals surface area contributed by atoms with Crippen molar-refractivity contribution < 1.29 is 27.5 Å². The van der Waals surface area contributed by atoms with E-state index in [4.69, 9.17) is 27.9 Å². The minimum absolute atomic E-state index is 0.0598. The fourth-order valence-corrected chi connectivity index (χ4v) is 5.18. The lowest BCUT2D eigenvalue weighted by Crippen LogP contribution is -2.55. The summed E-state index contributed by atoms with van der Waals surface area (Å²) >= 11 is 12.2. The molecule has 0 unspecified atom stereocenters. The van der Waals surface area contributed by atoms with Crippen LogP contribution < -0.4 is 20.3 Å². The SMILES string of the molecule is CC(C)(Oc1cc(Cl)ccc1Cl)C(=O)N[C@H]1C[C@H]2CC[C@@H](C1)N2c1ccc(C(=O)NCC(F)(F)F)cn1. The molecule has 0 radical (unpaired) electrons. The lowest BCUT2D eigenvalue weighted by molar-refractivity contribution is -0.135. The fraction of sp³-hybridized carbons (Fsp3) is 0.480. The highest BCUT2D eigenvalue weighted by Crippen LogP contribution is 2.39. The van der Waals surface area contributed by atoms with Gasteiger partial charge in [-0.25, -0.2) is 4.98 Å². The first-order valence-electron chi connectivity index (χ1n) is 11.9. The van der Waals surface area contributed by atoms with E-state index in [-0.39, 0.29) is 29.6 Å². The van der Waals surface area contributed by atoms with Crippen LogP contribution in [0.3, 0.4) is 0 Å². The number of carbonyl (C=O) groups excluding carboxylic acids is 2. The molecule has 3 heterocycles. The molecular formula is C25H27Cl2F3N4O3. The van der Waals surface area contributed by atoms with Crippen LogP contribution >= 0.6 is 23.2 Å². The Balaban J connectivity index is 1.36. The Hall–Kier alpha value is -2.72. The number of amides is 2. The third kappa shape index (κ3) is 6.59. The van der Waals surface area contributed by atoms with Crippen LogP contribution in [-0.2, 0) is 4.79 Å². The lowest BCUT2D eigenvalue weighted by Gasteiger charge is -2.40. The van der Waals surface area contributed by atoms with Crippen LogP contribution in [0.15, 0.2) is 36.5 Å². The van der Waals surface area contributed by atoms with E-state index in [2.05, 4.69) is 15.2 Å². The average molecular weight is 559 g/mol. The highest BCUT2D eigenvalue weighted by molar-refractivity contribution is 6.34. The van der Waals surface area contributed by atoms with Crippen molar-refractivity contribution >= 4 is 40.8 Å². The van der Waals surface area contributed by atoms with Gasteiger partial charge in [-0.1, -0.05) is 23.2 Å². The van der Waals surface area contributed by atoms with Crippen LogP contribution in [0, 0.1) is 0 Å². The number of hydrogen-bond donors (Lipinski definition) is 2. The number of benzene rings is 1. The lowest BCUT2D eigenvalue weighted by atomic mass is 9.96. The fourth-order valence-electron chi connectivity index (χ4n) is 4.86. The Bertz CT molecular complexity index is 1150. The molecule has 2 amide bonds. The van der Waals surface area contributed by atoms with Crippen molar-refractivity contribution in [3.05, 3.63) is 52.1 Å². The molecule has 4 rings (SSSR count). The Morgan fingerprint density at radius 2 is 1.78 bits per heavy atom. The van der Waals surface area contributed by atoms with Gasteiger partial charge in [0, 0.05) is 35.4 Å². The molecule has 7 nitrogen and oxygen atoms in total. The number of nitrogens with one attached hydrogen (secondary N) is 2. The smallest absolute Gasteiger partial charge is 0.405 e. The number of hydrogen-bond acceptors (Lipinski definition) is 5. The predicted octanol–water partition coefficient (Wildman–Crippen LogP) is 5.15. The molecule has 1 aromatic heterocycles. The van der Waals surface area contributed by atoms with Gasteiger partial charge in [0.15, 0.2) is 5.60 Å². The molecule has 2 saturated heterocycles. The van der Waals surface area contributed by atoms with Crippen LogP contribution in [0.5, 0.6) is 5.75 Å². The summed E-state index contributed by atoms with van der Waals surface area (Å²) in [6, 6.07) is 8.14. The van der Waals surface area contributed by atoms with Gasteiger partial charge < -0.3 is 20.3 Å². The van der Waals surface area contributed by atoms with E-state index in [0.29, 0.717) is 34.5 Å². The Labute approximate surface area is 222 Å². The highest BCUT2D eigenvalue weighted by atomic mass is 35.5. The first kappa shape index (κ1) is 27.3. The summed E-state index contributed by atoms with van der Waals surface area (Å²) in [6.45, 7) is 1.93. The summed E-state index contributed by atoms with van der Waals surface area (Å²) in [5.41, 5.74) is -1.13. The van der Waals surface area contributed by atoms with E-state index >= 15 is 0 Å². The highest BCUT2D eigenvalue weighted by Gasteiger charge is 2.43. The van der Waals surface area contributed by atoms with Gasteiger partial charge in [-0.2, -0.15) is 13.2 Å². The molecule has 2 aliphatic rings. The maximum atomic E-state index is 13.1. The molecule has 0 spiro atoms. The van der Waals surface area contributed by atoms with E-state index in [1.54, 1.807) is 38.1 Å². The minimum Gasteiger partial charge on any atom is -0.476 e. The number of carbonyl (C=O) groups is 2. The second-order valence-corrected chi connectivity index (χ2v) is 10.7. The van der Waals surface area contributed by atoms with Gasteiger partial charge in [0.25, 0.3) is 11.8 Å². The zero-order valence-electron chi connectivity index (χ0n) is 20.2. The molecule has 3 atom stereocenters. The van der Waals surface area contributed by atoms with E-state index in [1.807, 2.05) is 5.32 Å². The number of ether oxygens (including phenoxy) is 1. The van der Waals surface area contributed by atoms with Gasteiger partial charge in [0.05, 0.1) is 10.6 Å². The van der Waals surface area contributed by atoms with Crippen molar-refractivity contribution in [1.82, 2.24) is 15.6 Å². The first-order valence-corrected chi connectivity index (χ1v) is 12.6. The second-order valence-electron chi connectivity index (χ2n) is 9.82. The molecule has 2 N–H and O–H groups in total. The molecule has 0 saturated carbocycles. The van der Waals surface area contributed by atoms with Crippen molar-refractivity contribution in [1.29, 1.82) is 0 Å². The van der Waals surface area contributed by atoms with Crippen LogP contribution in [0.1, 0.15) is 49.9 Å². The van der Waals surface area contributed by atoms with Gasteiger partial charge in [0.1, 0.15) is 18.1 Å². The van der Waals surface area contributed by atoms with Crippen molar-refractivity contribution in [2.24, 2.45) is 0 Å². The maximum Gasteiger partial charge on any atom is 0.405 e. The van der Waals surface area contributed by atoms with E-state index < -0.39 is 24.2 Å². The van der Waals surface area contributed by atoms with Crippen molar-refractivity contribution in [2.45, 2.75) is 69.4 Å². The zero-order valence-corrected chi connectivity index (χ0v) is 21.8. The molecule has 37 heavy (non-hydrogen) atoms. The Morgan fingerprint density at radius 1 is 1.11 bits per heavy atom. The molecule has 2 aliphatic heterocycles. The van der Waals surface area contributed by atoms with Gasteiger partial charge in [-0.3, -0.25) is 9.59 Å². The summed E-state index contributed by atoms with van der Waals surface area (Å²) in [6.07, 6.45) is 0.0490. The van der Waals surface area contributed by atoms with Gasteiger partial charge >= 0.3 is 6.18 Å². The summed E-state index contributed by atoms with van der Waals surface area (Å²) in [5.74, 6) is -0.117. The second kappa shape index (κ2) is 10.6. The normalized spacial score (nSPS) is 21.5. The summed E-state index contributed by atoms with van der Waals surface area (Å²) in [5, 5.41) is 5.75. The van der Waals surface area contributed by atoms with E-state index in [0.717, 1.165) is 12.8 Å². The standard InChI is InChI=1S/C25H27Cl2F3N4O3/c1-24(2,37-20-9-15(26)4-7-19(20)27)23(36)33-16-10-17-5-6-18(11-16)34(17)21-8-3-14(12-31-21)22(35)32-13-25(28,29)30/h3-4,7-9,12,16-18H,5-6,10-11,13H2,1-2H3,(H,32,35)(H,33,36)/t16-,17+,18-. The Kier molecular flexibility index (Phi) is 7.80. The van der Waals surface area contributed by atoms with Crippen LogP contribution in [0.4, 0.5) is 19.0 Å². The topological polar surface area (TPSA) is 83.6 Å². The number of fused-ring (bicyclic) bond motifs is 2. The quantitative estimate of drug-likeness (QED) is 0.490. The van der Waals surface area contributed by atoms with Crippen molar-refractivity contribution in [2.75, 3.05) is 11.4 Å². The molecule has 2 bridgehead atoms. The molecule has 2 aromatic rings. The number of anilines is 1. The molecular weight excluding hydrogens is 532 g/mol. The molecule has 0 aliphatic carbocycles. The number of alkyl halides is 3. The van der Waals surface area contributed by atoms with Crippen LogP contribution in [0.25, 0.3) is 0 Å². The number of aromatic nitrogens is 1. The molecule has 12 heteroatoms. The number of rotatable bonds is 7. The maximum absolute atomic E-state index is 13.1. The van der Waals surface area contributed by atoms with E-state index in [1.165, 1.54) is 12.3 Å². The monoisotopic (exact) mass is 558 g/mol. The summed E-state index contributed by atoms with van der Waals surface area (Å²) in [7, 11) is 0. The molecule has 2 fully saturated rings. The summed E-state index contributed by atoms with van der Waals surface area (Å²) in [4.78, 5) is 31.6. The van der Waals surface area contributed by atoms with Crippen molar-refractivity contribution in [3.8, 4) is 5.75 Å². The number of nitrogens with zero attached hydrogens (tertiary/aromatic N) is 2. The third-order valence-corrected chi connectivity index (χ3v) is 7.14. The van der Waals surface area contributed by atoms with Gasteiger partial charge in [0.2, 0.25) is 0 Å². The third-order valence-electron chi connectivity index (χ3n) is 6.60. The Morgan fingerprint density at radius 3 is 2.38 bits per heavy atom. The summed E-state index contributed by atoms with van der Waals surface area (Å²) < 4.78 is 43.0. The van der Waals surface area contributed by atoms with Gasteiger partial charge in [-0.15, -0.1) is 0 Å². The number of halogens is 5. The van der Waals surface area contributed by atoms with E-state index in [9.17, 15) is 22.8 Å². The molecule has 200 valence electrons. The average Bonchev–Trinajstić information content (AvgIpc) is 3.09. The van der Waals surface area contributed by atoms with Crippen molar-refractivity contribution in [3.63, 3.8) is 0 Å². The minimum atomic E-state index is -4.48. The number of piperidine rings is 1. The first-order chi connectivity index (χ1) is 17.3. The van der Waals surface area contributed by atoms with Gasteiger partial charge in [-0.05, 0) is 63.8 Å². The zero-order chi connectivity index (χ0) is 27.0. The predicted molar refractivity (Wildman–Crippen MR) is 134 cm³/mol. The molecule has 1 aromatic carbocycles. The largest absolute Gasteiger partial charge is 0.476 e. The van der Waals surface area contributed by atoms with Crippen LogP contribution in [0.2, 0.25) is 10.0 Å². The van der Waals surface area contributed by atoms with Crippen LogP contribution in [-0.4, -0.2) is 53.2 Å². The number of pyridine rings is 1.